The van der Waals surface area contributed by atoms with Crippen LogP contribution in [0, 0.1) is 0 Å². The smallest absolute Gasteiger partial charge is 0.480 e. The number of carboxylic acids is 2. The predicted octanol–water partition coefficient (Wildman–Crippen LogP) is 0.367. The van der Waals surface area contributed by atoms with Gasteiger partial charge < -0.3 is 10.2 Å². The maximum Gasteiger partial charge on any atom is 0.490 e. The van der Waals surface area contributed by atoms with Crippen molar-refractivity contribution in [3.8, 4) is 0 Å². The van der Waals surface area contributed by atoms with Crippen LogP contribution in [0.25, 0.3) is 0 Å². The summed E-state index contributed by atoms with van der Waals surface area (Å²) in [6.45, 7) is 0. The van der Waals surface area contributed by atoms with E-state index in [1.54, 1.807) is 11.8 Å². The van der Waals surface area contributed by atoms with E-state index in [9.17, 15) is 18.0 Å². The summed E-state index contributed by atoms with van der Waals surface area (Å²) >= 11 is 1.62. The summed E-state index contributed by atoms with van der Waals surface area (Å²) in [6, 6.07) is -0.306. The fraction of sp³-hybridized carbons (Fsp3) is 0.667. The molecule has 0 aliphatic carbocycles. The molecule has 15 heavy (non-hydrogen) atoms. The van der Waals surface area contributed by atoms with Crippen molar-refractivity contribution >= 4 is 23.7 Å². The van der Waals surface area contributed by atoms with E-state index in [0.717, 1.165) is 5.88 Å². The molecule has 1 aliphatic heterocycles. The van der Waals surface area contributed by atoms with Crippen molar-refractivity contribution in [2.24, 2.45) is 0 Å². The van der Waals surface area contributed by atoms with Gasteiger partial charge in [-0.25, -0.2) is 4.79 Å². The first-order valence-corrected chi connectivity index (χ1v) is 4.74. The summed E-state index contributed by atoms with van der Waals surface area (Å²) in [5.74, 6) is -2.02. The highest BCUT2D eigenvalue weighted by atomic mass is 32.2. The molecule has 1 fully saturated rings. The highest BCUT2D eigenvalue weighted by molar-refractivity contribution is 7.99. The van der Waals surface area contributed by atoms with Crippen LogP contribution in [0.2, 0.25) is 0 Å². The van der Waals surface area contributed by atoms with Crippen molar-refractivity contribution in [2.45, 2.75) is 12.2 Å². The molecule has 0 saturated carbocycles. The van der Waals surface area contributed by atoms with E-state index < -0.39 is 18.1 Å². The summed E-state index contributed by atoms with van der Waals surface area (Å²) < 4.78 is 31.7. The van der Waals surface area contributed by atoms with Crippen LogP contribution in [0.1, 0.15) is 0 Å². The van der Waals surface area contributed by atoms with Gasteiger partial charge in [0, 0.05) is 11.6 Å². The van der Waals surface area contributed by atoms with Gasteiger partial charge in [0.05, 0.1) is 0 Å². The molecule has 1 aliphatic rings. The molecule has 0 aromatic rings. The second-order valence-electron chi connectivity index (χ2n) is 2.41. The summed E-state index contributed by atoms with van der Waals surface area (Å²) in [7, 11) is 0. The standard InChI is InChI=1S/C4H7NO2S.C2HF3O2/c6-4(7)3-1-8-2-5-3;3-2(4,5)1(6)7/h3,5H,1-2H2,(H,6,7);(H,6,7). The minimum absolute atomic E-state index is 0.306. The highest BCUT2D eigenvalue weighted by Gasteiger charge is 2.38. The molecule has 0 aromatic heterocycles. The number of thioether (sulfide) groups is 1. The van der Waals surface area contributed by atoms with Crippen molar-refractivity contribution in [1.29, 1.82) is 0 Å². The number of alkyl halides is 3. The largest absolute Gasteiger partial charge is 0.490 e. The maximum absolute atomic E-state index is 10.6. The summed E-state index contributed by atoms with van der Waals surface area (Å²) in [6.07, 6.45) is -5.08. The number of hydrogen-bond acceptors (Lipinski definition) is 4. The third-order valence-corrected chi connectivity index (χ3v) is 2.20. The van der Waals surface area contributed by atoms with Gasteiger partial charge in [0.25, 0.3) is 0 Å². The first kappa shape index (κ1) is 14.0. The van der Waals surface area contributed by atoms with Crippen molar-refractivity contribution in [1.82, 2.24) is 5.32 Å². The lowest BCUT2D eigenvalue weighted by Crippen LogP contribution is -2.32. The van der Waals surface area contributed by atoms with Crippen LogP contribution >= 0.6 is 11.8 Å². The maximum atomic E-state index is 10.6. The summed E-state index contributed by atoms with van der Waals surface area (Å²) in [5.41, 5.74) is 0. The molecule has 88 valence electrons. The Morgan fingerprint density at radius 2 is 1.80 bits per heavy atom. The van der Waals surface area contributed by atoms with Gasteiger partial charge in [0.15, 0.2) is 0 Å². The number of rotatable bonds is 1. The molecule has 1 atom stereocenters. The Bertz CT molecular complexity index is 239. The average molecular weight is 247 g/mol. The van der Waals surface area contributed by atoms with E-state index >= 15 is 0 Å². The topological polar surface area (TPSA) is 86.6 Å². The molecule has 1 unspecified atom stereocenters. The van der Waals surface area contributed by atoms with Crippen LogP contribution in [0.3, 0.4) is 0 Å². The second-order valence-corrected chi connectivity index (χ2v) is 3.44. The average Bonchev–Trinajstić information content (AvgIpc) is 2.54. The molecular formula is C6H8F3NO4S. The van der Waals surface area contributed by atoms with Crippen molar-refractivity contribution < 1.29 is 33.0 Å². The number of carbonyl (C=O) groups is 2. The third-order valence-electron chi connectivity index (χ3n) is 1.26. The Labute approximate surface area is 86.6 Å². The first-order valence-electron chi connectivity index (χ1n) is 3.59. The molecule has 1 rings (SSSR count). The Kier molecular flexibility index (Phi) is 5.44. The van der Waals surface area contributed by atoms with E-state index in [-0.39, 0.29) is 6.04 Å². The summed E-state index contributed by atoms with van der Waals surface area (Å²) in [5, 5.41) is 18.3. The number of halogens is 3. The van der Waals surface area contributed by atoms with Gasteiger partial charge >= 0.3 is 18.1 Å². The van der Waals surface area contributed by atoms with Crippen molar-refractivity contribution in [3.05, 3.63) is 0 Å². The van der Waals surface area contributed by atoms with Crippen LogP contribution in [-0.4, -0.2) is 46.0 Å². The molecule has 0 spiro atoms. The van der Waals surface area contributed by atoms with E-state index in [0.29, 0.717) is 5.75 Å². The van der Waals surface area contributed by atoms with Crippen molar-refractivity contribution in [2.75, 3.05) is 11.6 Å². The minimum Gasteiger partial charge on any atom is -0.480 e. The van der Waals surface area contributed by atoms with Gasteiger partial charge in [0.2, 0.25) is 0 Å². The van der Waals surface area contributed by atoms with E-state index in [2.05, 4.69) is 5.32 Å². The van der Waals surface area contributed by atoms with Gasteiger partial charge in [0.1, 0.15) is 6.04 Å². The fourth-order valence-corrected chi connectivity index (χ4v) is 1.49. The van der Waals surface area contributed by atoms with E-state index in [1.165, 1.54) is 0 Å². The Balaban J connectivity index is 0.000000265. The highest BCUT2D eigenvalue weighted by Crippen LogP contribution is 2.13. The van der Waals surface area contributed by atoms with Gasteiger partial charge in [-0.1, -0.05) is 0 Å². The number of hydrogen-bond donors (Lipinski definition) is 3. The number of aliphatic carboxylic acids is 2. The quantitative estimate of drug-likeness (QED) is 0.620. The molecular weight excluding hydrogens is 239 g/mol. The first-order chi connectivity index (χ1) is 6.75. The lowest BCUT2D eigenvalue weighted by molar-refractivity contribution is -0.192. The van der Waals surface area contributed by atoms with Crippen LogP contribution in [0.4, 0.5) is 13.2 Å². The zero-order valence-electron chi connectivity index (χ0n) is 7.24. The zero-order chi connectivity index (χ0) is 12.1. The van der Waals surface area contributed by atoms with Crippen LogP contribution < -0.4 is 5.32 Å². The Hall–Kier alpha value is -0.960. The lowest BCUT2D eigenvalue weighted by atomic mass is 10.4. The predicted molar refractivity (Wildman–Crippen MR) is 45.6 cm³/mol. The number of nitrogens with one attached hydrogen (secondary N) is 1. The van der Waals surface area contributed by atoms with Gasteiger partial charge in [-0.05, 0) is 0 Å². The SMILES string of the molecule is O=C(O)C(F)(F)F.O=C(O)C1CSCN1. The molecule has 0 radical (unpaired) electrons. The Morgan fingerprint density at radius 1 is 1.33 bits per heavy atom. The van der Waals surface area contributed by atoms with E-state index in [1.807, 2.05) is 0 Å². The summed E-state index contributed by atoms with van der Waals surface area (Å²) in [4.78, 5) is 19.0. The Morgan fingerprint density at radius 3 is 1.93 bits per heavy atom. The van der Waals surface area contributed by atoms with Crippen LogP contribution in [0.5, 0.6) is 0 Å². The third kappa shape index (κ3) is 6.18. The molecule has 0 aromatic carbocycles. The molecule has 0 bridgehead atoms. The normalized spacial score (nSPS) is 20.3. The molecule has 3 N–H and O–H groups in total. The van der Waals surface area contributed by atoms with Crippen LogP contribution in [-0.2, 0) is 9.59 Å². The lowest BCUT2D eigenvalue weighted by Gasteiger charge is -1.98. The van der Waals surface area contributed by atoms with Gasteiger partial charge in [-0.2, -0.15) is 13.2 Å². The minimum atomic E-state index is -5.08. The van der Waals surface area contributed by atoms with Crippen LogP contribution in [0.15, 0.2) is 0 Å². The van der Waals surface area contributed by atoms with E-state index in [4.69, 9.17) is 15.0 Å². The molecule has 9 heteroatoms. The second kappa shape index (κ2) is 5.81. The number of carboxylic acid groups (broad SMARTS) is 2. The van der Waals surface area contributed by atoms with Gasteiger partial charge in [-0.15, -0.1) is 11.8 Å². The molecule has 5 nitrogen and oxygen atoms in total. The monoisotopic (exact) mass is 247 g/mol. The molecule has 1 saturated heterocycles. The fourth-order valence-electron chi connectivity index (χ4n) is 0.554. The molecule has 0 amide bonds. The van der Waals surface area contributed by atoms with Gasteiger partial charge in [-0.3, -0.25) is 10.1 Å². The molecule has 1 heterocycles. The van der Waals surface area contributed by atoms with Crippen molar-refractivity contribution in [3.63, 3.8) is 0 Å². The zero-order valence-corrected chi connectivity index (χ0v) is 8.06.